The van der Waals surface area contributed by atoms with Crippen molar-refractivity contribution in [2.24, 2.45) is 0 Å². The topological polar surface area (TPSA) is 94.9 Å². The van der Waals surface area contributed by atoms with Gasteiger partial charge in [-0.25, -0.2) is 13.2 Å². The number of carbonyl (C=O) groups is 1. The van der Waals surface area contributed by atoms with Gasteiger partial charge >= 0.3 is 5.97 Å². The van der Waals surface area contributed by atoms with Crippen molar-refractivity contribution in [3.8, 4) is 0 Å². The number of benzene rings is 1. The van der Waals surface area contributed by atoms with Gasteiger partial charge in [0.15, 0.2) is 0 Å². The standard InChI is InChI=1S/C14H16BrNO5S/c15-9-3-8(14(18)19)4-13(5-9)22(20,21)16-10-1-2-11(16)7-12(17)6-10/h3-5,10-12,17H,1-2,6-7H2,(H,18,19). The zero-order valence-electron chi connectivity index (χ0n) is 11.6. The monoisotopic (exact) mass is 389 g/mol. The number of sulfonamides is 1. The summed E-state index contributed by atoms with van der Waals surface area (Å²) in [4.78, 5) is 11.1. The van der Waals surface area contributed by atoms with Gasteiger partial charge < -0.3 is 10.2 Å². The molecular formula is C14H16BrNO5S. The lowest BCUT2D eigenvalue weighted by Crippen LogP contribution is -2.47. The first-order valence-corrected chi connectivity index (χ1v) is 9.28. The highest BCUT2D eigenvalue weighted by Crippen LogP contribution is 2.40. The van der Waals surface area contributed by atoms with E-state index < -0.39 is 22.1 Å². The summed E-state index contributed by atoms with van der Waals surface area (Å²) < 4.78 is 27.7. The number of carboxylic acids is 1. The lowest BCUT2D eigenvalue weighted by atomic mass is 10.0. The molecule has 2 fully saturated rings. The smallest absolute Gasteiger partial charge is 0.335 e. The normalized spacial score (nSPS) is 28.7. The molecule has 2 aliphatic heterocycles. The summed E-state index contributed by atoms with van der Waals surface area (Å²) in [5.41, 5.74) is -0.0719. The van der Waals surface area contributed by atoms with Crippen LogP contribution in [0.2, 0.25) is 0 Å². The second-order valence-corrected chi connectivity index (χ2v) is 8.58. The Morgan fingerprint density at radius 1 is 1.18 bits per heavy atom. The molecule has 22 heavy (non-hydrogen) atoms. The molecule has 0 radical (unpaired) electrons. The lowest BCUT2D eigenvalue weighted by Gasteiger charge is -2.36. The van der Waals surface area contributed by atoms with E-state index in [1.54, 1.807) is 0 Å². The fraction of sp³-hybridized carbons (Fsp3) is 0.500. The summed E-state index contributed by atoms with van der Waals surface area (Å²) in [6.07, 6.45) is 1.90. The van der Waals surface area contributed by atoms with Crippen molar-refractivity contribution in [2.45, 2.75) is 48.8 Å². The summed E-state index contributed by atoms with van der Waals surface area (Å²) in [5, 5.41) is 18.9. The number of hydrogen-bond donors (Lipinski definition) is 2. The molecule has 3 rings (SSSR count). The molecule has 2 unspecified atom stereocenters. The number of aliphatic hydroxyl groups is 1. The van der Waals surface area contributed by atoms with Crippen LogP contribution < -0.4 is 0 Å². The number of rotatable bonds is 3. The molecule has 2 heterocycles. The molecule has 0 aromatic heterocycles. The fourth-order valence-electron chi connectivity index (χ4n) is 3.45. The van der Waals surface area contributed by atoms with E-state index in [2.05, 4.69) is 15.9 Å². The van der Waals surface area contributed by atoms with Crippen LogP contribution >= 0.6 is 15.9 Å². The van der Waals surface area contributed by atoms with Crippen molar-refractivity contribution >= 4 is 31.9 Å². The van der Waals surface area contributed by atoms with Crippen molar-refractivity contribution in [3.05, 3.63) is 28.2 Å². The quantitative estimate of drug-likeness (QED) is 0.821. The molecule has 1 aromatic carbocycles. The van der Waals surface area contributed by atoms with E-state index >= 15 is 0 Å². The first kappa shape index (κ1) is 15.9. The molecule has 0 amide bonds. The molecule has 2 bridgehead atoms. The first-order valence-electron chi connectivity index (χ1n) is 7.04. The average molecular weight is 390 g/mol. The Morgan fingerprint density at radius 2 is 1.77 bits per heavy atom. The van der Waals surface area contributed by atoms with Gasteiger partial charge in [0.1, 0.15) is 0 Å². The third-order valence-corrected chi connectivity index (χ3v) is 6.78. The highest BCUT2D eigenvalue weighted by Gasteiger charge is 2.46. The molecule has 6 nitrogen and oxygen atoms in total. The first-order chi connectivity index (χ1) is 10.3. The van der Waals surface area contributed by atoms with Gasteiger partial charge in [0.2, 0.25) is 10.0 Å². The van der Waals surface area contributed by atoms with Gasteiger partial charge in [-0.15, -0.1) is 0 Å². The van der Waals surface area contributed by atoms with Gasteiger partial charge in [-0.1, -0.05) is 15.9 Å². The Bertz CT molecular complexity index is 706. The van der Waals surface area contributed by atoms with Crippen LogP contribution in [0.15, 0.2) is 27.6 Å². The molecule has 0 spiro atoms. The number of carboxylic acid groups (broad SMARTS) is 1. The molecule has 2 atom stereocenters. The number of hydrogen-bond acceptors (Lipinski definition) is 4. The van der Waals surface area contributed by atoms with Crippen molar-refractivity contribution in [3.63, 3.8) is 0 Å². The number of halogens is 1. The van der Waals surface area contributed by atoms with E-state index in [-0.39, 0.29) is 22.5 Å². The van der Waals surface area contributed by atoms with E-state index in [4.69, 9.17) is 5.11 Å². The highest BCUT2D eigenvalue weighted by molar-refractivity contribution is 9.10. The van der Waals surface area contributed by atoms with Gasteiger partial charge in [0.05, 0.1) is 16.6 Å². The summed E-state index contributed by atoms with van der Waals surface area (Å²) >= 11 is 3.17. The third-order valence-electron chi connectivity index (χ3n) is 4.33. The number of aliphatic hydroxyl groups excluding tert-OH is 1. The van der Waals surface area contributed by atoms with Gasteiger partial charge in [-0.3, -0.25) is 0 Å². The Balaban J connectivity index is 2.02. The summed E-state index contributed by atoms with van der Waals surface area (Å²) in [7, 11) is -3.77. The zero-order chi connectivity index (χ0) is 16.1. The van der Waals surface area contributed by atoms with Crippen molar-refractivity contribution in [2.75, 3.05) is 0 Å². The maximum absolute atomic E-state index is 12.9. The molecule has 120 valence electrons. The predicted molar refractivity (Wildman–Crippen MR) is 82.2 cm³/mol. The molecule has 0 aliphatic carbocycles. The third kappa shape index (κ3) is 2.68. The maximum Gasteiger partial charge on any atom is 0.335 e. The number of piperidine rings is 1. The van der Waals surface area contributed by atoms with Crippen LogP contribution in [0.3, 0.4) is 0 Å². The summed E-state index contributed by atoms with van der Waals surface area (Å²) in [5.74, 6) is -1.17. The summed E-state index contributed by atoms with van der Waals surface area (Å²) in [6.45, 7) is 0. The summed E-state index contributed by atoms with van der Waals surface area (Å²) in [6, 6.07) is 3.58. The van der Waals surface area contributed by atoms with Crippen LogP contribution in [0.25, 0.3) is 0 Å². The second kappa shape index (κ2) is 5.59. The van der Waals surface area contributed by atoms with E-state index in [0.717, 1.165) is 12.8 Å². The minimum atomic E-state index is -3.77. The Labute approximate surface area is 136 Å². The van der Waals surface area contributed by atoms with E-state index in [1.165, 1.54) is 22.5 Å². The molecule has 2 saturated heterocycles. The minimum absolute atomic E-state index is 0.0208. The number of nitrogens with zero attached hydrogens (tertiary/aromatic N) is 1. The van der Waals surface area contributed by atoms with Crippen molar-refractivity contribution in [1.82, 2.24) is 4.31 Å². The van der Waals surface area contributed by atoms with Gasteiger partial charge in [-0.2, -0.15) is 4.31 Å². The largest absolute Gasteiger partial charge is 0.478 e. The van der Waals surface area contributed by atoms with Crippen LogP contribution in [-0.4, -0.2) is 47.1 Å². The predicted octanol–water partition coefficient (Wildman–Crippen LogP) is 1.82. The molecule has 8 heteroatoms. The second-order valence-electron chi connectivity index (χ2n) is 5.83. The maximum atomic E-state index is 12.9. The van der Waals surface area contributed by atoms with Crippen LogP contribution in [0.4, 0.5) is 0 Å². The van der Waals surface area contributed by atoms with Crippen molar-refractivity contribution < 1.29 is 23.4 Å². The minimum Gasteiger partial charge on any atom is -0.478 e. The fourth-order valence-corrected chi connectivity index (χ4v) is 6.06. The Morgan fingerprint density at radius 3 is 2.32 bits per heavy atom. The zero-order valence-corrected chi connectivity index (χ0v) is 14.0. The van der Waals surface area contributed by atoms with Crippen LogP contribution in [0.5, 0.6) is 0 Å². The van der Waals surface area contributed by atoms with Crippen LogP contribution in [0.1, 0.15) is 36.0 Å². The average Bonchev–Trinajstić information content (AvgIpc) is 2.71. The SMILES string of the molecule is O=C(O)c1cc(Br)cc(S(=O)(=O)N2C3CCC2CC(O)C3)c1. The number of aromatic carboxylic acids is 1. The molecule has 2 N–H and O–H groups in total. The van der Waals surface area contributed by atoms with Crippen molar-refractivity contribution in [1.29, 1.82) is 0 Å². The van der Waals surface area contributed by atoms with E-state index in [9.17, 15) is 18.3 Å². The molecule has 1 aromatic rings. The molecular weight excluding hydrogens is 374 g/mol. The Hall–Kier alpha value is -0.960. The lowest BCUT2D eigenvalue weighted by molar-refractivity contribution is 0.0696. The van der Waals surface area contributed by atoms with Gasteiger partial charge in [0.25, 0.3) is 0 Å². The number of fused-ring (bicyclic) bond motifs is 2. The van der Waals surface area contributed by atoms with E-state index in [0.29, 0.717) is 17.3 Å². The molecule has 2 aliphatic rings. The van der Waals surface area contributed by atoms with Crippen LogP contribution in [0, 0.1) is 0 Å². The van der Waals surface area contributed by atoms with Gasteiger partial charge in [-0.05, 0) is 43.9 Å². The molecule has 0 saturated carbocycles. The highest BCUT2D eigenvalue weighted by atomic mass is 79.9. The van der Waals surface area contributed by atoms with Gasteiger partial charge in [0, 0.05) is 16.6 Å². The van der Waals surface area contributed by atoms with Crippen LogP contribution in [-0.2, 0) is 10.0 Å². The van der Waals surface area contributed by atoms with E-state index in [1.807, 2.05) is 0 Å². The Kier molecular flexibility index (Phi) is 4.05.